The van der Waals surface area contributed by atoms with Crippen molar-refractivity contribution in [3.63, 3.8) is 0 Å². The smallest absolute Gasteiger partial charge is 0.318 e. The van der Waals surface area contributed by atoms with Gasteiger partial charge in [0.05, 0.1) is 10.9 Å². The van der Waals surface area contributed by atoms with Gasteiger partial charge >= 0.3 is 6.03 Å². The molecule has 1 aromatic heterocycles. The van der Waals surface area contributed by atoms with Crippen molar-refractivity contribution in [1.82, 2.24) is 15.1 Å². The van der Waals surface area contributed by atoms with E-state index in [1.807, 2.05) is 36.5 Å². The number of imide groups is 1. The molecule has 3 N–H and O–H groups in total. The maximum atomic E-state index is 11.7. The maximum Gasteiger partial charge on any atom is 0.318 e. The van der Waals surface area contributed by atoms with E-state index in [0.717, 1.165) is 11.3 Å². The molecule has 9 heteroatoms. The average molecular weight is 354 g/mol. The monoisotopic (exact) mass is 354 g/mol. The van der Waals surface area contributed by atoms with Gasteiger partial charge in [0, 0.05) is 0 Å². The molecular weight excluding hydrogens is 340 g/mol. The van der Waals surface area contributed by atoms with Gasteiger partial charge in [-0.3, -0.25) is 10.1 Å². The number of thioether (sulfide) groups is 1. The lowest BCUT2D eigenvalue weighted by atomic mass is 10.2. The molecule has 1 aromatic carbocycles. The van der Waals surface area contributed by atoms with E-state index in [1.54, 1.807) is 11.6 Å². The zero-order valence-corrected chi connectivity index (χ0v) is 14.3. The first-order valence-corrected chi connectivity index (χ1v) is 8.42. The molecule has 0 unspecified atom stereocenters. The van der Waals surface area contributed by atoms with Gasteiger partial charge in [0.2, 0.25) is 5.91 Å². The van der Waals surface area contributed by atoms with E-state index in [9.17, 15) is 9.59 Å². The molecule has 3 amide bonds. The van der Waals surface area contributed by atoms with Crippen LogP contribution in [-0.2, 0) is 4.79 Å². The summed E-state index contributed by atoms with van der Waals surface area (Å²) in [4.78, 5) is 22.4. The van der Waals surface area contributed by atoms with Gasteiger partial charge in [-0.05, 0) is 37.7 Å². The second kappa shape index (κ2) is 7.03. The van der Waals surface area contributed by atoms with Crippen molar-refractivity contribution in [3.05, 3.63) is 33.8 Å². The molecule has 0 bridgehead atoms. The van der Waals surface area contributed by atoms with E-state index >= 15 is 0 Å². The van der Waals surface area contributed by atoms with E-state index in [-0.39, 0.29) is 0 Å². The second-order valence-corrected chi connectivity index (χ2v) is 7.66. The van der Waals surface area contributed by atoms with Crippen molar-refractivity contribution in [1.29, 1.82) is 0 Å². The number of primary amides is 1. The highest BCUT2D eigenvalue weighted by molar-refractivity contribution is 8.02. The van der Waals surface area contributed by atoms with Crippen LogP contribution in [0, 0.1) is 10.9 Å². The Labute approximate surface area is 140 Å². The Morgan fingerprint density at radius 2 is 2.14 bits per heavy atom. The van der Waals surface area contributed by atoms with Crippen LogP contribution < -0.4 is 11.1 Å². The molecule has 0 aliphatic heterocycles. The highest BCUT2D eigenvalue weighted by Gasteiger charge is 2.18. The normalized spacial score (nSPS) is 11.9. The van der Waals surface area contributed by atoms with Gasteiger partial charge in [0.15, 0.2) is 8.29 Å². The number of urea groups is 1. The number of aryl methyl sites for hydroxylation is 1. The highest BCUT2D eigenvalue weighted by Crippen LogP contribution is 2.28. The van der Waals surface area contributed by atoms with Gasteiger partial charge in [0.25, 0.3) is 0 Å². The molecule has 6 nitrogen and oxygen atoms in total. The third kappa shape index (κ3) is 3.93. The molecule has 1 heterocycles. The fraction of sp³-hybridized carbons (Fsp3) is 0.231. The number of hydrogen-bond acceptors (Lipinski definition) is 6. The quantitative estimate of drug-likeness (QED) is 0.651. The predicted molar refractivity (Wildman–Crippen MR) is 90.1 cm³/mol. The van der Waals surface area contributed by atoms with Gasteiger partial charge in [-0.15, -0.1) is 5.10 Å². The predicted octanol–water partition coefficient (Wildman–Crippen LogP) is 2.65. The fourth-order valence-electron chi connectivity index (χ4n) is 1.69. The van der Waals surface area contributed by atoms with Crippen LogP contribution in [-0.4, -0.2) is 27.0 Å². The molecule has 0 fully saturated rings. The zero-order chi connectivity index (χ0) is 16.3. The minimum atomic E-state index is -0.865. The van der Waals surface area contributed by atoms with Gasteiger partial charge in [-0.25, -0.2) is 9.48 Å². The minimum Gasteiger partial charge on any atom is -0.351 e. The summed E-state index contributed by atoms with van der Waals surface area (Å²) in [7, 11) is 0. The molecule has 0 saturated carbocycles. The van der Waals surface area contributed by atoms with Gasteiger partial charge in [-0.1, -0.05) is 41.3 Å². The summed E-state index contributed by atoms with van der Waals surface area (Å²) < 4.78 is 2.93. The molecule has 0 radical (unpaired) electrons. The van der Waals surface area contributed by atoms with Crippen LogP contribution >= 0.6 is 35.3 Å². The number of nitrogens with one attached hydrogen (secondary N) is 1. The average Bonchev–Trinajstić information content (AvgIpc) is 2.79. The topological polar surface area (TPSA) is 90.0 Å². The SMILES string of the molecule is Cc1ccccc1-n1nc(S[C@@H](C)C(=O)NC(N)=O)sc1=S. The third-order valence-corrected chi connectivity index (χ3v) is 5.18. The number of nitrogens with two attached hydrogens (primary N) is 1. The highest BCUT2D eigenvalue weighted by atomic mass is 32.2. The Kier molecular flexibility index (Phi) is 5.33. The molecule has 1 atom stereocenters. The summed E-state index contributed by atoms with van der Waals surface area (Å²) in [5, 5.41) is 5.99. The molecule has 2 aromatic rings. The minimum absolute atomic E-state index is 0.457. The van der Waals surface area contributed by atoms with Crippen LogP contribution in [0.1, 0.15) is 12.5 Å². The number of nitrogens with zero attached hydrogens (tertiary/aromatic N) is 2. The zero-order valence-electron chi connectivity index (χ0n) is 11.9. The van der Waals surface area contributed by atoms with Crippen LogP contribution in [0.5, 0.6) is 0 Å². The number of benzene rings is 1. The molecule has 0 spiro atoms. The number of carbonyl (C=O) groups is 2. The summed E-state index contributed by atoms with van der Waals surface area (Å²) >= 11 is 7.88. The molecule has 0 aliphatic rings. The molecule has 0 saturated heterocycles. The molecule has 2 rings (SSSR count). The second-order valence-electron chi connectivity index (χ2n) is 4.45. The van der Waals surface area contributed by atoms with Crippen molar-refractivity contribution >= 4 is 47.3 Å². The Bertz CT molecular complexity index is 769. The summed E-state index contributed by atoms with van der Waals surface area (Å²) in [5.41, 5.74) is 6.89. The summed E-state index contributed by atoms with van der Waals surface area (Å²) in [6, 6.07) is 6.91. The van der Waals surface area contributed by atoms with Crippen LogP contribution in [0.3, 0.4) is 0 Å². The van der Waals surface area contributed by atoms with Crippen molar-refractivity contribution < 1.29 is 9.59 Å². The first-order chi connectivity index (χ1) is 10.4. The summed E-state index contributed by atoms with van der Waals surface area (Å²) in [6.07, 6.45) is 0. The van der Waals surface area contributed by atoms with Crippen molar-refractivity contribution in [3.8, 4) is 5.69 Å². The largest absolute Gasteiger partial charge is 0.351 e. The Morgan fingerprint density at radius 3 is 2.77 bits per heavy atom. The van der Waals surface area contributed by atoms with Crippen LogP contribution in [0.15, 0.2) is 28.6 Å². The maximum absolute atomic E-state index is 11.7. The van der Waals surface area contributed by atoms with Crippen LogP contribution in [0.25, 0.3) is 5.69 Å². The van der Waals surface area contributed by atoms with E-state index in [4.69, 9.17) is 18.0 Å². The van der Waals surface area contributed by atoms with Crippen molar-refractivity contribution in [2.75, 3.05) is 0 Å². The van der Waals surface area contributed by atoms with Crippen LogP contribution in [0.4, 0.5) is 4.79 Å². The van der Waals surface area contributed by atoms with E-state index in [2.05, 4.69) is 5.10 Å². The number of rotatable bonds is 4. The lowest BCUT2D eigenvalue weighted by molar-refractivity contribution is -0.119. The number of carbonyl (C=O) groups excluding carboxylic acids is 2. The molecule has 22 heavy (non-hydrogen) atoms. The van der Waals surface area contributed by atoms with E-state index < -0.39 is 17.2 Å². The number of hydrogen-bond donors (Lipinski definition) is 2. The molecular formula is C13H14N4O2S3. The lowest BCUT2D eigenvalue weighted by Gasteiger charge is -2.07. The first-order valence-electron chi connectivity index (χ1n) is 6.31. The number of amides is 3. The Balaban J connectivity index is 2.20. The van der Waals surface area contributed by atoms with Crippen molar-refractivity contribution in [2.24, 2.45) is 5.73 Å². The molecule has 116 valence electrons. The van der Waals surface area contributed by atoms with Gasteiger partial charge < -0.3 is 5.73 Å². The number of para-hydroxylation sites is 1. The Hall–Kier alpha value is -1.71. The van der Waals surface area contributed by atoms with E-state index in [1.165, 1.54) is 23.1 Å². The van der Waals surface area contributed by atoms with Gasteiger partial charge in [0.1, 0.15) is 0 Å². The van der Waals surface area contributed by atoms with Gasteiger partial charge in [-0.2, -0.15) is 0 Å². The standard InChI is InChI=1S/C13H14N4O2S3/c1-7-5-3-4-6-9(7)17-13(20)22-12(16-17)21-8(2)10(18)15-11(14)19/h3-6,8H,1-2H3,(H3,14,15,18,19)/t8-/m0/s1. The first kappa shape index (κ1) is 16.7. The van der Waals surface area contributed by atoms with Crippen LogP contribution in [0.2, 0.25) is 0 Å². The summed E-state index contributed by atoms with van der Waals surface area (Å²) in [6.45, 7) is 3.65. The van der Waals surface area contributed by atoms with Crippen molar-refractivity contribution in [2.45, 2.75) is 23.4 Å². The fourth-order valence-corrected chi connectivity index (χ4v) is 4.18. The third-order valence-electron chi connectivity index (χ3n) is 2.77. The number of aromatic nitrogens is 2. The summed E-state index contributed by atoms with van der Waals surface area (Å²) in [5.74, 6) is -0.457. The Morgan fingerprint density at radius 1 is 1.45 bits per heavy atom. The molecule has 0 aliphatic carbocycles. The van der Waals surface area contributed by atoms with E-state index in [0.29, 0.717) is 8.29 Å². The lowest BCUT2D eigenvalue weighted by Crippen LogP contribution is -2.39.